The number of ether oxygens (including phenoxy) is 2. The molecule has 162 valence electrons. The van der Waals surface area contributed by atoms with E-state index in [1.54, 1.807) is 24.3 Å². The maximum Gasteiger partial charge on any atom is 0.347 e. The first kappa shape index (κ1) is 21.2. The summed E-state index contributed by atoms with van der Waals surface area (Å²) in [5.41, 5.74) is 2.69. The average molecular weight is 429 g/mol. The number of carboxylic acid groups (broad SMARTS) is 1. The number of aliphatic carboxylic acids is 1. The Kier molecular flexibility index (Phi) is 5.94. The van der Waals surface area contributed by atoms with Crippen LogP contribution in [0.2, 0.25) is 0 Å². The van der Waals surface area contributed by atoms with E-state index in [0.29, 0.717) is 17.3 Å². The second-order valence-electron chi connectivity index (χ2n) is 7.80. The number of carbonyl (C=O) groups is 1. The summed E-state index contributed by atoms with van der Waals surface area (Å²) in [6.07, 6.45) is 0. The monoisotopic (exact) mass is 429 g/mol. The summed E-state index contributed by atoms with van der Waals surface area (Å²) in [5, 5.41) is 13.3. The molecule has 0 aliphatic carbocycles. The molecule has 0 radical (unpaired) electrons. The van der Waals surface area contributed by atoms with Gasteiger partial charge in [-0.3, -0.25) is 0 Å². The molecule has 0 bridgehead atoms. The summed E-state index contributed by atoms with van der Waals surface area (Å²) >= 11 is 0. The van der Waals surface area contributed by atoms with Crippen LogP contribution in [0.5, 0.6) is 11.5 Å². The van der Waals surface area contributed by atoms with Gasteiger partial charge < -0.3 is 19.1 Å². The van der Waals surface area contributed by atoms with Crippen LogP contribution in [0, 0.1) is 0 Å². The molecule has 6 heteroatoms. The number of hydrogen-bond donors (Lipinski definition) is 1. The third-order valence-corrected chi connectivity index (χ3v) is 4.94. The predicted octanol–water partition coefficient (Wildman–Crippen LogP) is 5.83. The van der Waals surface area contributed by atoms with E-state index in [1.165, 1.54) is 13.8 Å². The molecule has 0 unspecified atom stereocenters. The van der Waals surface area contributed by atoms with Gasteiger partial charge in [0, 0.05) is 11.6 Å². The standard InChI is InChI=1S/C26H23NO5/c1-26(2,25(28)29)31-22-14-12-21(13-15-22)30-17-23-16-24(27-32-23)20-10-8-19(9-11-20)18-6-4-3-5-7-18/h3-16H,17H2,1-2H3,(H,28,29). The van der Waals surface area contributed by atoms with Gasteiger partial charge in [0.15, 0.2) is 11.4 Å². The highest BCUT2D eigenvalue weighted by molar-refractivity contribution is 5.76. The molecule has 0 atom stereocenters. The van der Waals surface area contributed by atoms with Crippen LogP contribution in [-0.2, 0) is 11.4 Å². The van der Waals surface area contributed by atoms with E-state index in [0.717, 1.165) is 22.4 Å². The van der Waals surface area contributed by atoms with Crippen molar-refractivity contribution in [3.8, 4) is 33.9 Å². The topological polar surface area (TPSA) is 81.8 Å². The molecular formula is C26H23NO5. The first-order chi connectivity index (χ1) is 15.4. The van der Waals surface area contributed by atoms with Crippen LogP contribution in [0.15, 0.2) is 89.5 Å². The van der Waals surface area contributed by atoms with Crippen molar-refractivity contribution >= 4 is 5.97 Å². The van der Waals surface area contributed by atoms with E-state index >= 15 is 0 Å². The second-order valence-corrected chi connectivity index (χ2v) is 7.80. The summed E-state index contributed by atoms with van der Waals surface area (Å²) < 4.78 is 16.6. The molecular weight excluding hydrogens is 406 g/mol. The largest absolute Gasteiger partial charge is 0.486 e. The van der Waals surface area contributed by atoms with Gasteiger partial charge >= 0.3 is 5.97 Å². The number of nitrogens with zero attached hydrogens (tertiary/aromatic N) is 1. The lowest BCUT2D eigenvalue weighted by Crippen LogP contribution is -2.37. The quantitative estimate of drug-likeness (QED) is 0.379. The second kappa shape index (κ2) is 8.98. The zero-order valence-electron chi connectivity index (χ0n) is 17.8. The first-order valence-corrected chi connectivity index (χ1v) is 10.2. The van der Waals surface area contributed by atoms with Gasteiger partial charge in [-0.1, -0.05) is 59.8 Å². The van der Waals surface area contributed by atoms with Crippen molar-refractivity contribution in [1.29, 1.82) is 0 Å². The summed E-state index contributed by atoms with van der Waals surface area (Å²) in [5.74, 6) is 0.620. The Balaban J connectivity index is 1.36. The van der Waals surface area contributed by atoms with E-state index < -0.39 is 11.6 Å². The number of benzene rings is 3. The van der Waals surface area contributed by atoms with E-state index in [4.69, 9.17) is 19.1 Å². The fourth-order valence-electron chi connectivity index (χ4n) is 3.08. The molecule has 4 rings (SSSR count). The van der Waals surface area contributed by atoms with Crippen molar-refractivity contribution in [2.24, 2.45) is 0 Å². The Bertz CT molecular complexity index is 1180. The molecule has 1 N–H and O–H groups in total. The van der Waals surface area contributed by atoms with Crippen molar-refractivity contribution in [2.75, 3.05) is 0 Å². The van der Waals surface area contributed by atoms with Crippen molar-refractivity contribution in [1.82, 2.24) is 5.16 Å². The van der Waals surface area contributed by atoms with Gasteiger partial charge in [-0.15, -0.1) is 0 Å². The number of aromatic nitrogens is 1. The number of carboxylic acids is 1. The van der Waals surface area contributed by atoms with Gasteiger partial charge in [0.05, 0.1) is 0 Å². The Morgan fingerprint density at radius 3 is 2.12 bits per heavy atom. The summed E-state index contributed by atoms with van der Waals surface area (Å²) in [7, 11) is 0. The van der Waals surface area contributed by atoms with Gasteiger partial charge in [-0.05, 0) is 49.2 Å². The van der Waals surface area contributed by atoms with E-state index in [2.05, 4.69) is 29.4 Å². The minimum absolute atomic E-state index is 0.218. The van der Waals surface area contributed by atoms with Crippen LogP contribution < -0.4 is 9.47 Å². The van der Waals surface area contributed by atoms with Gasteiger partial charge in [-0.2, -0.15) is 0 Å². The van der Waals surface area contributed by atoms with Gasteiger partial charge in [0.25, 0.3) is 0 Å². The third-order valence-electron chi connectivity index (χ3n) is 4.94. The first-order valence-electron chi connectivity index (χ1n) is 10.2. The molecule has 32 heavy (non-hydrogen) atoms. The van der Waals surface area contributed by atoms with Gasteiger partial charge in [0.1, 0.15) is 23.8 Å². The molecule has 3 aromatic carbocycles. The van der Waals surface area contributed by atoms with E-state index in [1.807, 2.05) is 36.4 Å². The summed E-state index contributed by atoms with van der Waals surface area (Å²) in [4.78, 5) is 11.2. The zero-order valence-corrected chi connectivity index (χ0v) is 17.8. The Hall–Kier alpha value is -4.06. The van der Waals surface area contributed by atoms with Crippen LogP contribution in [0.4, 0.5) is 0 Å². The highest BCUT2D eigenvalue weighted by Crippen LogP contribution is 2.26. The molecule has 4 aromatic rings. The fraction of sp³-hybridized carbons (Fsp3) is 0.154. The van der Waals surface area contributed by atoms with E-state index in [-0.39, 0.29) is 6.61 Å². The summed E-state index contributed by atoms with van der Waals surface area (Å²) in [6, 6.07) is 27.0. The fourth-order valence-corrected chi connectivity index (χ4v) is 3.08. The Morgan fingerprint density at radius 2 is 1.47 bits per heavy atom. The smallest absolute Gasteiger partial charge is 0.347 e. The Morgan fingerprint density at radius 1 is 0.875 bits per heavy atom. The van der Waals surface area contributed by atoms with Crippen LogP contribution in [0.3, 0.4) is 0 Å². The van der Waals surface area contributed by atoms with Crippen LogP contribution in [0.25, 0.3) is 22.4 Å². The van der Waals surface area contributed by atoms with Crippen molar-refractivity contribution in [3.05, 3.63) is 90.7 Å². The molecule has 0 aliphatic heterocycles. The minimum Gasteiger partial charge on any atom is -0.486 e. The molecule has 0 aliphatic rings. The number of rotatable bonds is 8. The lowest BCUT2D eigenvalue weighted by Gasteiger charge is -2.21. The molecule has 0 amide bonds. The molecule has 1 heterocycles. The van der Waals surface area contributed by atoms with E-state index in [9.17, 15) is 4.79 Å². The highest BCUT2D eigenvalue weighted by Gasteiger charge is 2.29. The molecule has 0 fully saturated rings. The normalized spacial score (nSPS) is 11.2. The lowest BCUT2D eigenvalue weighted by atomic mass is 10.0. The molecule has 0 saturated carbocycles. The van der Waals surface area contributed by atoms with Crippen molar-refractivity contribution in [3.63, 3.8) is 0 Å². The molecule has 0 spiro atoms. The number of hydrogen-bond acceptors (Lipinski definition) is 5. The molecule has 0 saturated heterocycles. The highest BCUT2D eigenvalue weighted by atomic mass is 16.5. The van der Waals surface area contributed by atoms with Gasteiger partial charge in [0.2, 0.25) is 0 Å². The van der Waals surface area contributed by atoms with Crippen molar-refractivity contribution < 1.29 is 23.9 Å². The van der Waals surface area contributed by atoms with Crippen molar-refractivity contribution in [2.45, 2.75) is 26.1 Å². The zero-order chi connectivity index (χ0) is 22.6. The minimum atomic E-state index is -1.31. The van der Waals surface area contributed by atoms with Gasteiger partial charge in [-0.25, -0.2) is 4.79 Å². The molecule has 6 nitrogen and oxygen atoms in total. The van der Waals surface area contributed by atoms with Crippen LogP contribution in [-0.4, -0.2) is 21.8 Å². The molecule has 1 aromatic heterocycles. The predicted molar refractivity (Wildman–Crippen MR) is 120 cm³/mol. The Labute approximate surface area is 186 Å². The third kappa shape index (κ3) is 4.98. The summed E-state index contributed by atoms with van der Waals surface area (Å²) in [6.45, 7) is 3.21. The maximum absolute atomic E-state index is 11.2. The maximum atomic E-state index is 11.2. The van der Waals surface area contributed by atoms with Crippen LogP contribution in [0.1, 0.15) is 19.6 Å². The lowest BCUT2D eigenvalue weighted by molar-refractivity contribution is -0.152. The van der Waals surface area contributed by atoms with Crippen LogP contribution >= 0.6 is 0 Å². The average Bonchev–Trinajstić information content (AvgIpc) is 3.28. The SMILES string of the molecule is CC(C)(Oc1ccc(OCc2cc(-c3ccc(-c4ccccc4)cc3)no2)cc1)C(=O)O.